The van der Waals surface area contributed by atoms with Gasteiger partial charge in [-0.3, -0.25) is 4.79 Å². The summed E-state index contributed by atoms with van der Waals surface area (Å²) in [6.07, 6.45) is 1.61. The van der Waals surface area contributed by atoms with Crippen LogP contribution in [0.4, 0.5) is 4.79 Å². The van der Waals surface area contributed by atoms with Crippen LogP contribution in [0.15, 0.2) is 91.0 Å². The van der Waals surface area contributed by atoms with Gasteiger partial charge in [-0.2, -0.15) is 0 Å². The fraction of sp³-hybridized carbons (Fsp3) is 0.310. The van der Waals surface area contributed by atoms with Gasteiger partial charge < -0.3 is 32.4 Å². The Morgan fingerprint density at radius 3 is 1.56 bits per heavy atom. The molecule has 0 heterocycles. The Hall–Kier alpha value is -2.69. The van der Waals surface area contributed by atoms with E-state index in [9.17, 15) is 9.59 Å². The lowest BCUT2D eigenvalue weighted by Gasteiger charge is -2.27. The van der Waals surface area contributed by atoms with Crippen LogP contribution in [0.2, 0.25) is 0 Å². The summed E-state index contributed by atoms with van der Waals surface area (Å²) in [6, 6.07) is 32.0. The van der Waals surface area contributed by atoms with Crippen molar-refractivity contribution in [2.45, 2.75) is 39.2 Å². The minimum absolute atomic E-state index is 0. The Bertz CT molecular complexity index is 977. The number of hydrogen-bond donors (Lipinski definition) is 2. The minimum atomic E-state index is -1.93. The van der Waals surface area contributed by atoms with Crippen LogP contribution in [0.25, 0.3) is 0 Å². The third-order valence-electron chi connectivity index (χ3n) is 5.60. The van der Waals surface area contributed by atoms with Gasteiger partial charge in [0.1, 0.15) is 28.8 Å². The Labute approximate surface area is 226 Å². The molecule has 192 valence electrons. The van der Waals surface area contributed by atoms with Gasteiger partial charge in [0.2, 0.25) is 5.91 Å². The maximum absolute atomic E-state index is 12.6. The third kappa shape index (κ3) is 8.46. The number of carbonyl (C=O) groups excluding carboxylic acids is 2. The molecular weight excluding hydrogens is 535 g/mol. The number of nitrogens with one attached hydrogen (secondary N) is 2. The van der Waals surface area contributed by atoms with E-state index in [2.05, 4.69) is 83.4 Å². The smallest absolute Gasteiger partial charge is 0.407 e. The summed E-state index contributed by atoms with van der Waals surface area (Å²) in [5.41, 5.74) is -0.542. The number of ether oxygens (including phenoxy) is 1. The average molecular weight is 571 g/mol. The lowest BCUT2D eigenvalue weighted by molar-refractivity contribution is -0.121. The summed E-state index contributed by atoms with van der Waals surface area (Å²) in [6.45, 7) is 6.15. The van der Waals surface area contributed by atoms with Crippen molar-refractivity contribution in [3.05, 3.63) is 91.0 Å². The largest absolute Gasteiger partial charge is 1.00 e. The van der Waals surface area contributed by atoms with Crippen molar-refractivity contribution >= 4 is 35.2 Å². The molecule has 0 aromatic heterocycles. The Morgan fingerprint density at radius 2 is 1.14 bits per heavy atom. The average Bonchev–Trinajstić information content (AvgIpc) is 2.85. The molecule has 0 atom stereocenters. The molecule has 5 nitrogen and oxygen atoms in total. The van der Waals surface area contributed by atoms with Crippen LogP contribution in [0.3, 0.4) is 0 Å². The first-order chi connectivity index (χ1) is 16.8. The molecule has 0 aliphatic carbocycles. The predicted molar refractivity (Wildman–Crippen MR) is 146 cm³/mol. The van der Waals surface area contributed by atoms with Gasteiger partial charge >= 0.3 is 6.09 Å². The summed E-state index contributed by atoms with van der Waals surface area (Å²) in [7, 11) is -1.93. The second kappa shape index (κ2) is 14.2. The normalized spacial score (nSPS) is 11.2. The summed E-state index contributed by atoms with van der Waals surface area (Å²) in [4.78, 5) is 24.3. The molecule has 0 radical (unpaired) electrons. The number of rotatable bonds is 10. The first kappa shape index (κ1) is 29.5. The topological polar surface area (TPSA) is 67.4 Å². The number of benzene rings is 3. The fourth-order valence-electron chi connectivity index (χ4n) is 4.13. The van der Waals surface area contributed by atoms with Crippen LogP contribution < -0.4 is 43.5 Å². The number of carbonyl (C=O) groups is 2. The summed E-state index contributed by atoms with van der Waals surface area (Å²) in [5, 5.41) is 9.54. The molecule has 3 aromatic carbocycles. The van der Waals surface area contributed by atoms with Crippen molar-refractivity contribution in [2.24, 2.45) is 0 Å². The van der Waals surface area contributed by atoms with E-state index in [0.29, 0.717) is 19.5 Å². The molecule has 0 bridgehead atoms. The van der Waals surface area contributed by atoms with Crippen LogP contribution >= 0.6 is 7.26 Å². The predicted octanol–water partition coefficient (Wildman–Crippen LogP) is 1.41. The Morgan fingerprint density at radius 1 is 0.722 bits per heavy atom. The van der Waals surface area contributed by atoms with Crippen LogP contribution in [0, 0.1) is 0 Å². The highest BCUT2D eigenvalue weighted by molar-refractivity contribution is 7.95. The molecule has 0 aliphatic rings. The summed E-state index contributed by atoms with van der Waals surface area (Å²) < 4.78 is 5.21. The first-order valence-electron chi connectivity index (χ1n) is 12.1. The lowest BCUT2D eigenvalue weighted by atomic mass is 10.2. The Balaban J connectivity index is 0.00000456. The van der Waals surface area contributed by atoms with Gasteiger partial charge in [0.15, 0.2) is 0 Å². The maximum Gasteiger partial charge on any atom is 0.407 e. The molecule has 2 N–H and O–H groups in total. The van der Waals surface area contributed by atoms with Crippen molar-refractivity contribution in [1.29, 1.82) is 0 Å². The van der Waals surface area contributed by atoms with Crippen LogP contribution in [-0.4, -0.2) is 36.9 Å². The quantitative estimate of drug-likeness (QED) is 0.286. The van der Waals surface area contributed by atoms with E-state index >= 15 is 0 Å². The first-order valence-corrected chi connectivity index (χ1v) is 14.1. The third-order valence-corrected chi connectivity index (χ3v) is 10.1. The molecule has 7 heteroatoms. The van der Waals surface area contributed by atoms with E-state index in [-0.39, 0.29) is 22.9 Å². The van der Waals surface area contributed by atoms with Gasteiger partial charge in [-0.15, -0.1) is 0 Å². The molecule has 0 spiro atoms. The van der Waals surface area contributed by atoms with Gasteiger partial charge in [-0.1, -0.05) is 54.6 Å². The molecule has 3 aromatic rings. The zero-order valence-corrected chi connectivity index (χ0v) is 23.7. The second-order valence-electron chi connectivity index (χ2n) is 9.42. The lowest BCUT2D eigenvalue weighted by Crippen LogP contribution is -3.00. The van der Waals surface area contributed by atoms with Crippen molar-refractivity contribution in [3.8, 4) is 0 Å². The molecule has 2 amide bonds. The van der Waals surface area contributed by atoms with E-state index in [0.717, 1.165) is 12.6 Å². The minimum Gasteiger partial charge on any atom is -1.00 e. The maximum atomic E-state index is 12.6. The van der Waals surface area contributed by atoms with Crippen LogP contribution in [-0.2, 0) is 9.53 Å². The van der Waals surface area contributed by atoms with Gasteiger partial charge in [-0.05, 0) is 63.6 Å². The monoisotopic (exact) mass is 570 g/mol. The van der Waals surface area contributed by atoms with Gasteiger partial charge in [0.05, 0.1) is 6.16 Å². The molecule has 0 saturated heterocycles. The zero-order chi connectivity index (χ0) is 25.2. The van der Waals surface area contributed by atoms with Gasteiger partial charge in [-0.25, -0.2) is 4.79 Å². The zero-order valence-electron chi connectivity index (χ0n) is 21.2. The number of amides is 2. The van der Waals surface area contributed by atoms with Crippen LogP contribution in [0.1, 0.15) is 33.6 Å². The Kier molecular flexibility index (Phi) is 11.6. The van der Waals surface area contributed by atoms with E-state index < -0.39 is 19.0 Å². The molecule has 0 unspecified atom stereocenters. The van der Waals surface area contributed by atoms with E-state index in [1.807, 2.05) is 39.0 Å². The number of alkyl carbamates (subject to hydrolysis) is 1. The summed E-state index contributed by atoms with van der Waals surface area (Å²) in [5.74, 6) is -0.0109. The van der Waals surface area contributed by atoms with Crippen molar-refractivity contribution in [3.63, 3.8) is 0 Å². The molecule has 0 aliphatic heterocycles. The summed E-state index contributed by atoms with van der Waals surface area (Å²) >= 11 is 0. The number of halogens is 1. The van der Waals surface area contributed by atoms with E-state index in [1.54, 1.807) is 0 Å². The molecular formula is C29H36BrN2O3P. The van der Waals surface area contributed by atoms with Gasteiger partial charge in [0, 0.05) is 19.5 Å². The SMILES string of the molecule is CC(C)(C)OC(=O)NCCNC(=O)CCC[P+](c1ccccc1)(c1ccccc1)c1ccccc1.[Br-]. The second-order valence-corrected chi connectivity index (χ2v) is 13.0. The highest BCUT2D eigenvalue weighted by atomic mass is 79.9. The molecule has 3 rings (SSSR count). The van der Waals surface area contributed by atoms with Crippen molar-refractivity contribution in [2.75, 3.05) is 19.3 Å². The highest BCUT2D eigenvalue weighted by Crippen LogP contribution is 2.55. The molecule has 36 heavy (non-hydrogen) atoms. The van der Waals surface area contributed by atoms with E-state index in [4.69, 9.17) is 4.74 Å². The molecule has 0 fully saturated rings. The highest BCUT2D eigenvalue weighted by Gasteiger charge is 2.44. The fourth-order valence-corrected chi connectivity index (χ4v) is 8.47. The van der Waals surface area contributed by atoms with Crippen molar-refractivity contribution in [1.82, 2.24) is 10.6 Å². The standard InChI is InChI=1S/C29H35N2O3P.BrH/c1-29(2,3)34-28(33)31-22-21-30-27(32)20-13-23-35(24-14-7-4-8-15-24,25-16-9-5-10-17-25)26-18-11-6-12-19-26;/h4-12,14-19H,13,20-23H2,1-3H3,(H-,30,31,32,33);1H. The van der Waals surface area contributed by atoms with Gasteiger partial charge in [0.25, 0.3) is 0 Å². The van der Waals surface area contributed by atoms with Crippen LogP contribution in [0.5, 0.6) is 0 Å². The molecule has 0 saturated carbocycles. The van der Waals surface area contributed by atoms with Crippen molar-refractivity contribution < 1.29 is 31.3 Å². The van der Waals surface area contributed by atoms with E-state index in [1.165, 1.54) is 15.9 Å². The number of hydrogen-bond acceptors (Lipinski definition) is 3.